The molecule has 0 saturated carbocycles. The summed E-state index contributed by atoms with van der Waals surface area (Å²) in [7, 11) is 0. The van der Waals surface area contributed by atoms with Crippen LogP contribution in [0.5, 0.6) is 0 Å². The number of rotatable bonds is 6. The fourth-order valence-electron chi connectivity index (χ4n) is 11.3. The van der Waals surface area contributed by atoms with Crippen LogP contribution in [-0.2, 0) is 41.6 Å². The van der Waals surface area contributed by atoms with Gasteiger partial charge in [0.1, 0.15) is 0 Å². The van der Waals surface area contributed by atoms with Crippen molar-refractivity contribution in [3.63, 3.8) is 0 Å². The molecule has 2 aliphatic carbocycles. The van der Waals surface area contributed by atoms with Crippen molar-refractivity contribution < 1.29 is 20.0 Å². The van der Waals surface area contributed by atoms with Gasteiger partial charge < -0.3 is 0 Å². The predicted octanol–water partition coefficient (Wildman–Crippen LogP) is 17.1. The quantitative estimate of drug-likeness (QED) is 0.169. The van der Waals surface area contributed by atoms with Crippen molar-refractivity contribution in [3.8, 4) is 22.3 Å². The Kier molecular flexibility index (Phi) is 10.8. The van der Waals surface area contributed by atoms with E-state index in [1.807, 2.05) is 0 Å². The van der Waals surface area contributed by atoms with Crippen LogP contribution in [0.3, 0.4) is 0 Å². The van der Waals surface area contributed by atoms with E-state index in [9.17, 15) is 0 Å². The molecule has 2 atom stereocenters. The van der Waals surface area contributed by atoms with Gasteiger partial charge in [-0.2, -0.15) is 0 Å². The van der Waals surface area contributed by atoms with Crippen LogP contribution in [0.1, 0.15) is 175 Å². The van der Waals surface area contributed by atoms with E-state index in [1.54, 1.807) is 22.3 Å². The topological polar surface area (TPSA) is 0 Å². The first-order valence-corrected chi connectivity index (χ1v) is 34.0. The van der Waals surface area contributed by atoms with Crippen LogP contribution in [0, 0.1) is 17.3 Å². The maximum atomic E-state index is 2.83. The van der Waals surface area contributed by atoms with Crippen molar-refractivity contribution in [3.05, 3.63) is 128 Å². The average Bonchev–Trinajstić information content (AvgIpc) is 3.70. The van der Waals surface area contributed by atoms with E-state index in [1.165, 1.54) is 68.5 Å². The van der Waals surface area contributed by atoms with E-state index in [4.69, 9.17) is 0 Å². The van der Waals surface area contributed by atoms with Gasteiger partial charge in [-0.3, -0.25) is 0 Å². The molecular weight excluding hydrogens is 863 g/mol. The Morgan fingerprint density at radius 2 is 0.793 bits per heavy atom. The number of benzene rings is 4. The molecule has 0 N–H and O–H groups in total. The molecule has 1 heteroatoms. The zero-order chi connectivity index (χ0) is 42.7. The molecule has 7 rings (SSSR count). The summed E-state index contributed by atoms with van der Waals surface area (Å²) in [4.78, 5) is 0. The van der Waals surface area contributed by atoms with Gasteiger partial charge in [0.15, 0.2) is 0 Å². The monoisotopic (exact) mass is 941 g/mol. The van der Waals surface area contributed by atoms with Gasteiger partial charge in [0.05, 0.1) is 0 Å². The first kappa shape index (κ1) is 43.3. The second kappa shape index (κ2) is 14.4. The molecule has 0 spiro atoms. The Balaban J connectivity index is 1.51. The van der Waals surface area contributed by atoms with Crippen molar-refractivity contribution in [2.45, 2.75) is 162 Å². The van der Waals surface area contributed by atoms with Crippen LogP contribution in [0.15, 0.2) is 83.9 Å². The Morgan fingerprint density at radius 1 is 0.483 bits per heavy atom. The average molecular weight is 940 g/mol. The second-order valence-electron chi connectivity index (χ2n) is 24.4. The fraction of sp³-hybridized carbons (Fsp3) is 0.509. The van der Waals surface area contributed by atoms with Crippen molar-refractivity contribution in [2.24, 2.45) is 17.3 Å². The molecule has 1 saturated heterocycles. The molecule has 2 unspecified atom stereocenters. The van der Waals surface area contributed by atoms with Crippen molar-refractivity contribution in [1.82, 2.24) is 0 Å². The summed E-state index contributed by atoms with van der Waals surface area (Å²) in [6, 6.07) is 29.8. The van der Waals surface area contributed by atoms with Crippen molar-refractivity contribution in [1.29, 1.82) is 0 Å². The SMILES string of the molecule is CC(C)CC1(CC(C)C)C2=Cc3c(-c4cc(C(C)(C)C)cc(C(C)(C)C)c4)cccc3[CH]2[Hf]([CH3])([CH3])[CH]2C1=Cc1c(-c3cc(C(C)(C)C)cc(C(C)(C)C)c3)cccc12. The Morgan fingerprint density at radius 3 is 1.07 bits per heavy atom. The Hall–Kier alpha value is -2.77. The van der Waals surface area contributed by atoms with Crippen LogP contribution < -0.4 is 0 Å². The summed E-state index contributed by atoms with van der Waals surface area (Å²) < 4.78 is 6.78. The summed E-state index contributed by atoms with van der Waals surface area (Å²) in [6.07, 6.45) is 7.97. The molecule has 0 amide bonds. The first-order valence-electron chi connectivity index (χ1n) is 22.7. The van der Waals surface area contributed by atoms with Gasteiger partial charge in [-0.05, 0) is 0 Å². The molecule has 4 aromatic rings. The molecule has 4 aromatic carbocycles. The van der Waals surface area contributed by atoms with Gasteiger partial charge >= 0.3 is 362 Å². The molecule has 1 fully saturated rings. The third-order valence-corrected chi connectivity index (χ3v) is 29.3. The summed E-state index contributed by atoms with van der Waals surface area (Å²) >= 11 is -3.33. The van der Waals surface area contributed by atoms with E-state index in [0.717, 1.165) is 0 Å². The van der Waals surface area contributed by atoms with Crippen LogP contribution in [0.25, 0.3) is 34.4 Å². The molecular formula is C57H76Hf. The molecule has 58 heavy (non-hydrogen) atoms. The Bertz CT molecular complexity index is 2080. The summed E-state index contributed by atoms with van der Waals surface area (Å²) in [5, 5.41) is 0. The molecule has 1 aliphatic heterocycles. The van der Waals surface area contributed by atoms with Crippen molar-refractivity contribution >= 4 is 12.2 Å². The van der Waals surface area contributed by atoms with E-state index in [2.05, 4.69) is 205 Å². The van der Waals surface area contributed by atoms with Crippen molar-refractivity contribution in [2.75, 3.05) is 0 Å². The fourth-order valence-corrected chi connectivity index (χ4v) is 28.4. The van der Waals surface area contributed by atoms with Gasteiger partial charge in [-0.1, -0.05) is 0 Å². The Labute approximate surface area is 359 Å². The molecule has 0 bridgehead atoms. The zero-order valence-electron chi connectivity index (χ0n) is 39.8. The first-order chi connectivity index (χ1) is 26.6. The number of fused-ring (bicyclic) bond motifs is 6. The van der Waals surface area contributed by atoms with Crippen LogP contribution >= 0.6 is 0 Å². The van der Waals surface area contributed by atoms with Crippen LogP contribution in [0.4, 0.5) is 0 Å². The normalized spacial score (nSPS) is 19.8. The van der Waals surface area contributed by atoms with E-state index < -0.39 is 20.0 Å². The standard InChI is InChI=1S/C55H70.2CH3.Hf/c1-35(2)33-55(34-36(3)4,45-23-37-19-17-21-47(49(37)31-45)39-25-41(51(5,6)7)29-42(26-39)52(8,9)10)46-24-38-20-18-22-48(50(38)32-46)40-27-43(53(11,12)13)30-44(28-40)54(14,15)16;;;/h17-32,35-36H,33-34H2,1-16H3;2*1H3;. The minimum atomic E-state index is -3.33. The summed E-state index contributed by atoms with van der Waals surface area (Å²) in [5.74, 6) is 1.17. The van der Waals surface area contributed by atoms with Gasteiger partial charge in [-0.25, -0.2) is 0 Å². The molecule has 3 aliphatic rings. The zero-order valence-corrected chi connectivity index (χ0v) is 43.4. The molecule has 308 valence electrons. The predicted molar refractivity (Wildman–Crippen MR) is 253 cm³/mol. The number of hydrogen-bond donors (Lipinski definition) is 0. The minimum absolute atomic E-state index is 0.0213. The summed E-state index contributed by atoms with van der Waals surface area (Å²) in [5.41, 5.74) is 21.5. The third kappa shape index (κ3) is 7.49. The van der Waals surface area contributed by atoms with Crippen LogP contribution in [-0.4, -0.2) is 0 Å². The molecule has 0 nitrogen and oxygen atoms in total. The van der Waals surface area contributed by atoms with Crippen LogP contribution in [0.2, 0.25) is 9.36 Å². The maximum absolute atomic E-state index is 3.33. The van der Waals surface area contributed by atoms with Gasteiger partial charge in [0.2, 0.25) is 0 Å². The van der Waals surface area contributed by atoms with Gasteiger partial charge in [0.25, 0.3) is 0 Å². The van der Waals surface area contributed by atoms with E-state index >= 15 is 0 Å². The van der Waals surface area contributed by atoms with Gasteiger partial charge in [0, 0.05) is 0 Å². The number of allylic oxidation sites excluding steroid dienone is 2. The van der Waals surface area contributed by atoms with Gasteiger partial charge in [-0.15, -0.1) is 0 Å². The van der Waals surface area contributed by atoms with E-state index in [0.29, 0.717) is 19.2 Å². The third-order valence-electron chi connectivity index (χ3n) is 14.2. The molecule has 0 radical (unpaired) electrons. The molecule has 1 heterocycles. The second-order valence-corrected chi connectivity index (χ2v) is 41.6. The number of hydrogen-bond acceptors (Lipinski definition) is 0. The van der Waals surface area contributed by atoms with E-state index in [-0.39, 0.29) is 27.1 Å². The summed E-state index contributed by atoms with van der Waals surface area (Å²) in [6.45, 7) is 38.4. The molecule has 0 aromatic heterocycles.